The maximum atomic E-state index is 3.62. The van der Waals surface area contributed by atoms with E-state index in [2.05, 4.69) is 51.2 Å². The van der Waals surface area contributed by atoms with E-state index in [9.17, 15) is 0 Å². The van der Waals surface area contributed by atoms with Crippen molar-refractivity contribution < 1.29 is 0 Å². The quantitative estimate of drug-likeness (QED) is 0.839. The molecule has 1 N–H and O–H groups in total. The van der Waals surface area contributed by atoms with Gasteiger partial charge in [-0.25, -0.2) is 0 Å². The molecule has 1 fully saturated rings. The molecule has 1 aliphatic carbocycles. The Bertz CT molecular complexity index is 395. The fraction of sp³-hybridized carbons (Fsp3) is 0.647. The Balaban J connectivity index is 2.10. The van der Waals surface area contributed by atoms with Gasteiger partial charge in [-0.1, -0.05) is 44.0 Å². The van der Waals surface area contributed by atoms with Crippen LogP contribution >= 0.6 is 0 Å². The average molecular weight is 245 g/mol. The van der Waals surface area contributed by atoms with Crippen molar-refractivity contribution in [3.63, 3.8) is 0 Å². The van der Waals surface area contributed by atoms with Crippen molar-refractivity contribution in [2.75, 3.05) is 6.54 Å². The molecule has 0 saturated heterocycles. The van der Waals surface area contributed by atoms with Crippen LogP contribution in [0.1, 0.15) is 55.7 Å². The predicted octanol–water partition coefficient (Wildman–Crippen LogP) is 4.19. The van der Waals surface area contributed by atoms with Crippen molar-refractivity contribution in [1.29, 1.82) is 0 Å². The van der Waals surface area contributed by atoms with Gasteiger partial charge in [-0.3, -0.25) is 0 Å². The molecule has 2 atom stereocenters. The van der Waals surface area contributed by atoms with Gasteiger partial charge in [-0.05, 0) is 56.2 Å². The van der Waals surface area contributed by atoms with Gasteiger partial charge in [0.1, 0.15) is 0 Å². The van der Waals surface area contributed by atoms with E-state index in [4.69, 9.17) is 0 Å². The lowest BCUT2D eigenvalue weighted by atomic mass is 9.85. The number of hydrogen-bond donors (Lipinski definition) is 1. The lowest BCUT2D eigenvalue weighted by molar-refractivity contribution is 0.422. The molecule has 1 aromatic rings. The second-order valence-corrected chi connectivity index (χ2v) is 6.22. The molecule has 1 nitrogen and oxygen atoms in total. The first-order chi connectivity index (χ1) is 8.58. The summed E-state index contributed by atoms with van der Waals surface area (Å²) in [7, 11) is 0. The maximum Gasteiger partial charge on any atom is 0.00104 e. The van der Waals surface area contributed by atoms with Gasteiger partial charge in [-0.15, -0.1) is 0 Å². The lowest BCUT2D eigenvalue weighted by Gasteiger charge is -2.23. The van der Waals surface area contributed by atoms with Crippen molar-refractivity contribution >= 4 is 0 Å². The Morgan fingerprint density at radius 3 is 2.67 bits per heavy atom. The summed E-state index contributed by atoms with van der Waals surface area (Å²) in [5.41, 5.74) is 4.45. The molecule has 0 bridgehead atoms. The summed E-state index contributed by atoms with van der Waals surface area (Å²) in [6.45, 7) is 10.1. The van der Waals surface area contributed by atoms with Gasteiger partial charge in [-0.2, -0.15) is 0 Å². The molecule has 1 heteroatoms. The minimum atomic E-state index is 0.602. The first kappa shape index (κ1) is 13.6. The minimum Gasteiger partial charge on any atom is -0.314 e. The highest BCUT2D eigenvalue weighted by Gasteiger charge is 2.29. The zero-order valence-corrected chi connectivity index (χ0v) is 12.3. The highest BCUT2D eigenvalue weighted by Crippen LogP contribution is 2.40. The summed E-state index contributed by atoms with van der Waals surface area (Å²) in [6, 6.07) is 7.57. The van der Waals surface area contributed by atoms with Gasteiger partial charge in [0.2, 0.25) is 0 Å². The van der Waals surface area contributed by atoms with Gasteiger partial charge in [0.25, 0.3) is 0 Å². The van der Waals surface area contributed by atoms with E-state index in [0.717, 1.165) is 11.8 Å². The standard InChI is InChI=1S/C17H27N/c1-12(2)18-11-15-6-5-7-17(15)16-9-8-13(3)10-14(16)4/h8-10,12,15,17-18H,5-7,11H2,1-4H3. The fourth-order valence-electron chi connectivity index (χ4n) is 3.32. The van der Waals surface area contributed by atoms with Crippen molar-refractivity contribution in [2.24, 2.45) is 5.92 Å². The first-order valence-corrected chi connectivity index (χ1v) is 7.38. The number of nitrogens with one attached hydrogen (secondary N) is 1. The van der Waals surface area contributed by atoms with Gasteiger partial charge < -0.3 is 5.32 Å². The Hall–Kier alpha value is -0.820. The second-order valence-electron chi connectivity index (χ2n) is 6.22. The molecule has 0 spiro atoms. The number of aryl methyl sites for hydroxylation is 2. The van der Waals surface area contributed by atoms with Crippen molar-refractivity contribution in [1.82, 2.24) is 5.32 Å². The largest absolute Gasteiger partial charge is 0.314 e. The predicted molar refractivity (Wildman–Crippen MR) is 79.1 cm³/mol. The molecule has 2 unspecified atom stereocenters. The van der Waals surface area contributed by atoms with Crippen molar-refractivity contribution in [2.45, 2.75) is 58.9 Å². The molecule has 1 aliphatic rings. The number of benzene rings is 1. The third-order valence-electron chi connectivity index (χ3n) is 4.27. The SMILES string of the molecule is Cc1ccc(C2CCCC2CNC(C)C)c(C)c1. The third-order valence-corrected chi connectivity index (χ3v) is 4.27. The average Bonchev–Trinajstić information content (AvgIpc) is 2.74. The molecule has 2 rings (SSSR count). The summed E-state index contributed by atoms with van der Waals surface area (Å²) in [6.07, 6.45) is 4.15. The van der Waals surface area contributed by atoms with E-state index in [1.807, 2.05) is 0 Å². The molecule has 100 valence electrons. The van der Waals surface area contributed by atoms with Crippen LogP contribution in [0.15, 0.2) is 18.2 Å². The Morgan fingerprint density at radius 2 is 2.00 bits per heavy atom. The molecular weight excluding hydrogens is 218 g/mol. The molecule has 0 aromatic heterocycles. The monoisotopic (exact) mass is 245 g/mol. The van der Waals surface area contributed by atoms with Gasteiger partial charge in [0.15, 0.2) is 0 Å². The summed E-state index contributed by atoms with van der Waals surface area (Å²) >= 11 is 0. The Labute approximate surface area is 112 Å². The summed E-state index contributed by atoms with van der Waals surface area (Å²) in [5.74, 6) is 1.60. The smallest absolute Gasteiger partial charge is 0.00104 e. The molecule has 0 amide bonds. The summed E-state index contributed by atoms with van der Waals surface area (Å²) in [5, 5.41) is 3.62. The van der Waals surface area contributed by atoms with Crippen LogP contribution in [-0.4, -0.2) is 12.6 Å². The normalized spacial score (nSPS) is 23.8. The molecule has 0 heterocycles. The third kappa shape index (κ3) is 3.14. The van der Waals surface area contributed by atoms with Crippen LogP contribution in [0.2, 0.25) is 0 Å². The van der Waals surface area contributed by atoms with Gasteiger partial charge in [0.05, 0.1) is 0 Å². The van der Waals surface area contributed by atoms with Crippen LogP contribution in [0.5, 0.6) is 0 Å². The molecule has 0 aliphatic heterocycles. The Kier molecular flexibility index (Phi) is 4.45. The van der Waals surface area contributed by atoms with E-state index < -0.39 is 0 Å². The van der Waals surface area contributed by atoms with Crippen LogP contribution in [-0.2, 0) is 0 Å². The van der Waals surface area contributed by atoms with E-state index in [-0.39, 0.29) is 0 Å². The van der Waals surface area contributed by atoms with E-state index in [1.54, 1.807) is 5.56 Å². The zero-order valence-electron chi connectivity index (χ0n) is 12.3. The number of rotatable bonds is 4. The molecule has 1 saturated carbocycles. The van der Waals surface area contributed by atoms with Crippen LogP contribution < -0.4 is 5.32 Å². The van der Waals surface area contributed by atoms with Crippen LogP contribution in [0.4, 0.5) is 0 Å². The molecule has 18 heavy (non-hydrogen) atoms. The number of hydrogen-bond acceptors (Lipinski definition) is 1. The van der Waals surface area contributed by atoms with E-state index >= 15 is 0 Å². The van der Waals surface area contributed by atoms with E-state index in [1.165, 1.54) is 36.9 Å². The topological polar surface area (TPSA) is 12.0 Å². The summed E-state index contributed by atoms with van der Waals surface area (Å²) in [4.78, 5) is 0. The second kappa shape index (κ2) is 5.88. The van der Waals surface area contributed by atoms with E-state index in [0.29, 0.717) is 6.04 Å². The minimum absolute atomic E-state index is 0.602. The highest BCUT2D eigenvalue weighted by atomic mass is 14.9. The van der Waals surface area contributed by atoms with Crippen molar-refractivity contribution in [3.8, 4) is 0 Å². The molecule has 1 aromatic carbocycles. The first-order valence-electron chi connectivity index (χ1n) is 7.38. The Morgan fingerprint density at radius 1 is 1.22 bits per heavy atom. The summed E-state index contributed by atoms with van der Waals surface area (Å²) < 4.78 is 0. The van der Waals surface area contributed by atoms with Crippen LogP contribution in [0, 0.1) is 19.8 Å². The fourth-order valence-corrected chi connectivity index (χ4v) is 3.32. The molecule has 0 radical (unpaired) electrons. The molecular formula is C17H27N. The van der Waals surface area contributed by atoms with Gasteiger partial charge in [0, 0.05) is 6.04 Å². The lowest BCUT2D eigenvalue weighted by Crippen LogP contribution is -2.30. The zero-order chi connectivity index (χ0) is 13.1. The highest BCUT2D eigenvalue weighted by molar-refractivity contribution is 5.34. The van der Waals surface area contributed by atoms with Gasteiger partial charge >= 0.3 is 0 Å². The van der Waals surface area contributed by atoms with Crippen molar-refractivity contribution in [3.05, 3.63) is 34.9 Å². The maximum absolute atomic E-state index is 3.62. The van der Waals surface area contributed by atoms with Crippen LogP contribution in [0.3, 0.4) is 0 Å². The van der Waals surface area contributed by atoms with Crippen LogP contribution in [0.25, 0.3) is 0 Å².